The van der Waals surface area contributed by atoms with Gasteiger partial charge in [0.05, 0.1) is 4.70 Å². The SMILES string of the molecule is Cc1noc(-c2ccc(-c3nc4sc(C5(C(=O)O)CC5)cc4s3)cc2)c1NC(=O)O[C@H](C)c1ccccc1. The van der Waals surface area contributed by atoms with Crippen molar-refractivity contribution in [3.8, 4) is 21.9 Å². The Morgan fingerprint density at radius 2 is 1.79 bits per heavy atom. The van der Waals surface area contributed by atoms with Crippen molar-refractivity contribution in [1.29, 1.82) is 0 Å². The number of thiophene rings is 1. The lowest BCUT2D eigenvalue weighted by Crippen LogP contribution is -2.17. The fourth-order valence-electron chi connectivity index (χ4n) is 4.35. The van der Waals surface area contributed by atoms with Crippen molar-refractivity contribution in [2.45, 2.75) is 38.2 Å². The lowest BCUT2D eigenvalue weighted by molar-refractivity contribution is -0.139. The number of fused-ring (bicyclic) bond motifs is 1. The van der Waals surface area contributed by atoms with Crippen LogP contribution in [0.25, 0.3) is 31.4 Å². The van der Waals surface area contributed by atoms with Gasteiger partial charge in [0.25, 0.3) is 0 Å². The van der Waals surface area contributed by atoms with Crippen molar-refractivity contribution >= 4 is 50.0 Å². The molecule has 1 aliphatic carbocycles. The van der Waals surface area contributed by atoms with Crippen LogP contribution in [0.1, 0.15) is 42.0 Å². The molecular weight excluding hydrogens is 522 g/mol. The third-order valence-corrected chi connectivity index (χ3v) is 9.17. The summed E-state index contributed by atoms with van der Waals surface area (Å²) in [6, 6.07) is 19.1. The molecule has 0 bridgehead atoms. The van der Waals surface area contributed by atoms with Crippen LogP contribution in [0.3, 0.4) is 0 Å². The summed E-state index contributed by atoms with van der Waals surface area (Å²) >= 11 is 3.01. The first-order valence-corrected chi connectivity index (χ1v) is 13.7. The molecule has 2 aromatic carbocycles. The van der Waals surface area contributed by atoms with Gasteiger partial charge in [-0.05, 0) is 38.3 Å². The van der Waals surface area contributed by atoms with E-state index in [2.05, 4.69) is 10.5 Å². The number of carboxylic acids is 1. The number of nitrogens with zero attached hydrogens (tertiary/aromatic N) is 2. The molecule has 1 fully saturated rings. The summed E-state index contributed by atoms with van der Waals surface area (Å²) in [6.07, 6.45) is 0.365. The van der Waals surface area contributed by atoms with Crippen LogP contribution < -0.4 is 5.32 Å². The van der Waals surface area contributed by atoms with Crippen molar-refractivity contribution in [1.82, 2.24) is 10.1 Å². The van der Waals surface area contributed by atoms with E-state index in [-0.39, 0.29) is 0 Å². The second kappa shape index (κ2) is 9.38. The molecule has 3 heterocycles. The number of carbonyl (C=O) groups excluding carboxylic acids is 1. The first-order chi connectivity index (χ1) is 18.3. The summed E-state index contributed by atoms with van der Waals surface area (Å²) in [5, 5.41) is 17.2. The number of hydrogen-bond donors (Lipinski definition) is 2. The summed E-state index contributed by atoms with van der Waals surface area (Å²) in [5.41, 5.74) is 2.87. The first kappa shape index (κ1) is 24.3. The largest absolute Gasteiger partial charge is 0.481 e. The van der Waals surface area contributed by atoms with E-state index in [9.17, 15) is 14.7 Å². The van der Waals surface area contributed by atoms with Crippen LogP contribution in [0.4, 0.5) is 10.5 Å². The molecule has 6 rings (SSSR count). The van der Waals surface area contributed by atoms with Crippen molar-refractivity contribution in [2.75, 3.05) is 5.32 Å². The number of anilines is 1. The minimum atomic E-state index is -0.752. The van der Waals surface area contributed by atoms with Crippen LogP contribution in [0.2, 0.25) is 0 Å². The Labute approximate surface area is 225 Å². The zero-order chi connectivity index (χ0) is 26.4. The molecule has 0 radical (unpaired) electrons. The molecule has 0 aliphatic heterocycles. The number of benzene rings is 2. The zero-order valence-corrected chi connectivity index (χ0v) is 22.2. The maximum atomic E-state index is 12.6. The van der Waals surface area contributed by atoms with E-state index in [1.807, 2.05) is 67.6 Å². The van der Waals surface area contributed by atoms with Crippen molar-refractivity contribution in [3.05, 3.63) is 76.8 Å². The Bertz CT molecular complexity index is 1620. The summed E-state index contributed by atoms with van der Waals surface area (Å²) in [6.45, 7) is 3.57. The van der Waals surface area contributed by atoms with Gasteiger partial charge in [-0.3, -0.25) is 10.1 Å². The number of aliphatic carboxylic acids is 1. The lowest BCUT2D eigenvalue weighted by atomic mass is 10.1. The summed E-state index contributed by atoms with van der Waals surface area (Å²) in [4.78, 5) is 30.8. The van der Waals surface area contributed by atoms with E-state index in [0.717, 1.165) is 36.1 Å². The molecule has 1 aliphatic rings. The van der Waals surface area contributed by atoms with Gasteiger partial charge in [0.15, 0.2) is 5.76 Å². The maximum absolute atomic E-state index is 12.6. The molecule has 1 atom stereocenters. The van der Waals surface area contributed by atoms with Gasteiger partial charge in [0.2, 0.25) is 0 Å². The number of aromatic nitrogens is 2. The number of carboxylic acid groups (broad SMARTS) is 1. The number of carbonyl (C=O) groups is 2. The molecule has 1 saturated carbocycles. The smallest absolute Gasteiger partial charge is 0.412 e. The van der Waals surface area contributed by atoms with Gasteiger partial charge in [0, 0.05) is 16.0 Å². The Morgan fingerprint density at radius 1 is 1.08 bits per heavy atom. The van der Waals surface area contributed by atoms with E-state index >= 15 is 0 Å². The zero-order valence-electron chi connectivity index (χ0n) is 20.6. The number of ether oxygens (including phenoxy) is 1. The molecule has 0 saturated heterocycles. The highest BCUT2D eigenvalue weighted by Gasteiger charge is 2.53. The second-order valence-corrected chi connectivity index (χ2v) is 11.4. The van der Waals surface area contributed by atoms with Crippen LogP contribution in [0, 0.1) is 6.92 Å². The molecule has 3 aromatic heterocycles. The highest BCUT2D eigenvalue weighted by molar-refractivity contribution is 7.28. The first-order valence-electron chi connectivity index (χ1n) is 12.1. The van der Waals surface area contributed by atoms with E-state index in [0.29, 0.717) is 30.0 Å². The third kappa shape index (κ3) is 4.35. The predicted molar refractivity (Wildman–Crippen MR) is 147 cm³/mol. The fraction of sp³-hybridized carbons (Fsp3) is 0.214. The molecule has 1 amide bonds. The maximum Gasteiger partial charge on any atom is 0.412 e. The van der Waals surface area contributed by atoms with Gasteiger partial charge in [-0.25, -0.2) is 9.78 Å². The highest BCUT2D eigenvalue weighted by atomic mass is 32.1. The van der Waals surface area contributed by atoms with Crippen LogP contribution in [-0.4, -0.2) is 27.3 Å². The minimum Gasteiger partial charge on any atom is -0.481 e. The number of hydrogen-bond acceptors (Lipinski definition) is 8. The average molecular weight is 546 g/mol. The monoisotopic (exact) mass is 545 g/mol. The van der Waals surface area contributed by atoms with Gasteiger partial charge in [-0.15, -0.1) is 22.7 Å². The summed E-state index contributed by atoms with van der Waals surface area (Å²) in [5.74, 6) is -0.316. The number of amides is 1. The van der Waals surface area contributed by atoms with Crippen LogP contribution in [0.5, 0.6) is 0 Å². The van der Waals surface area contributed by atoms with Gasteiger partial charge in [0.1, 0.15) is 32.7 Å². The van der Waals surface area contributed by atoms with Crippen molar-refractivity contribution < 1.29 is 24.0 Å². The minimum absolute atomic E-state index is 0.415. The Hall–Kier alpha value is -4.02. The van der Waals surface area contributed by atoms with E-state index in [4.69, 9.17) is 14.2 Å². The number of thiazole rings is 1. The van der Waals surface area contributed by atoms with Gasteiger partial charge in [-0.1, -0.05) is 59.8 Å². The summed E-state index contributed by atoms with van der Waals surface area (Å²) in [7, 11) is 0. The molecule has 0 unspecified atom stereocenters. The molecule has 5 aromatic rings. The number of rotatable bonds is 7. The standard InChI is InChI=1S/C28H23N3O5S2/c1-15-22(29-27(34)35-16(2)17-6-4-3-5-7-17)23(36-31-15)18-8-10-19(11-9-18)24-30-25-20(37-24)14-21(38-25)28(12-13-28)26(32)33/h3-11,14,16H,12-13H2,1-2H3,(H,29,34)(H,32,33)/t16-/m1/s1. The molecule has 0 spiro atoms. The lowest BCUT2D eigenvalue weighted by Gasteiger charge is -2.14. The molecule has 192 valence electrons. The molecule has 8 nitrogen and oxygen atoms in total. The molecule has 38 heavy (non-hydrogen) atoms. The molecule has 2 N–H and O–H groups in total. The Kier molecular flexibility index (Phi) is 6.00. The van der Waals surface area contributed by atoms with E-state index < -0.39 is 23.6 Å². The van der Waals surface area contributed by atoms with Gasteiger partial charge >= 0.3 is 12.1 Å². The quantitative estimate of drug-likeness (QED) is 0.219. The van der Waals surface area contributed by atoms with E-state index in [1.54, 1.807) is 18.3 Å². The van der Waals surface area contributed by atoms with Crippen LogP contribution in [-0.2, 0) is 14.9 Å². The van der Waals surface area contributed by atoms with E-state index in [1.165, 1.54) is 11.3 Å². The highest BCUT2D eigenvalue weighted by Crippen LogP contribution is 2.52. The topological polar surface area (TPSA) is 115 Å². The van der Waals surface area contributed by atoms with Crippen LogP contribution in [0.15, 0.2) is 65.2 Å². The second-order valence-electron chi connectivity index (χ2n) is 9.32. The van der Waals surface area contributed by atoms with Crippen LogP contribution >= 0.6 is 22.7 Å². The predicted octanol–water partition coefficient (Wildman–Crippen LogP) is 7.41. The third-order valence-electron chi connectivity index (χ3n) is 6.76. The number of aryl methyl sites for hydroxylation is 1. The van der Waals surface area contributed by atoms with Gasteiger partial charge < -0.3 is 14.4 Å². The molecule has 10 heteroatoms. The van der Waals surface area contributed by atoms with Gasteiger partial charge in [-0.2, -0.15) is 0 Å². The average Bonchev–Trinajstić information content (AvgIpc) is 3.32. The normalized spacial score (nSPS) is 14.8. The number of nitrogens with one attached hydrogen (secondary N) is 1. The fourth-order valence-corrected chi connectivity index (χ4v) is 6.81. The van der Waals surface area contributed by atoms with Crippen molar-refractivity contribution in [3.63, 3.8) is 0 Å². The Morgan fingerprint density at radius 3 is 2.45 bits per heavy atom. The Balaban J connectivity index is 1.19. The summed E-state index contributed by atoms with van der Waals surface area (Å²) < 4.78 is 12.1. The van der Waals surface area contributed by atoms with Crippen molar-refractivity contribution in [2.24, 2.45) is 0 Å². The molecular formula is C28H23N3O5S2.